The summed E-state index contributed by atoms with van der Waals surface area (Å²) in [6.45, 7) is 0. The van der Waals surface area contributed by atoms with Crippen molar-refractivity contribution in [1.82, 2.24) is 9.46 Å². The Morgan fingerprint density at radius 2 is 1.08 bits per heavy atom. The molecule has 12 heteroatoms. The molecule has 0 bridgehead atoms. The lowest BCUT2D eigenvalue weighted by Gasteiger charge is -2.07. The first kappa shape index (κ1) is 19.2. The number of hydrogen-bond acceptors (Lipinski definition) is 9. The van der Waals surface area contributed by atoms with Gasteiger partial charge in [-0.25, -0.2) is 9.59 Å². The maximum atomic E-state index is 11.8. The van der Waals surface area contributed by atoms with Crippen molar-refractivity contribution < 1.29 is 43.9 Å². The minimum absolute atomic E-state index is 0.116. The summed E-state index contributed by atoms with van der Waals surface area (Å²) in [7, 11) is -1.55. The molecule has 2 aromatic heterocycles. The van der Waals surface area contributed by atoms with Gasteiger partial charge in [0.15, 0.2) is 0 Å². The van der Waals surface area contributed by atoms with Gasteiger partial charge in [-0.2, -0.15) is 0 Å². The van der Waals surface area contributed by atoms with Crippen LogP contribution in [0.1, 0.15) is 12.8 Å². The minimum Gasteiger partial charge on any atom is -0.492 e. The Kier molecular flexibility index (Phi) is 6.11. The SMILES string of the molecule is O=C(CCS(=O)CCC(=O)On1c(O)ccc1O)On1c(O)ccc1O. The van der Waals surface area contributed by atoms with Gasteiger partial charge < -0.3 is 30.1 Å². The van der Waals surface area contributed by atoms with E-state index in [1.807, 2.05) is 0 Å². The highest BCUT2D eigenvalue weighted by molar-refractivity contribution is 7.85. The Hall–Kier alpha value is -3.15. The predicted molar refractivity (Wildman–Crippen MR) is 85.8 cm³/mol. The van der Waals surface area contributed by atoms with Crippen LogP contribution in [-0.4, -0.2) is 57.5 Å². The second-order valence-corrected chi connectivity index (χ2v) is 6.66. The predicted octanol–water partition coefficient (Wildman–Crippen LogP) is -0.749. The van der Waals surface area contributed by atoms with Crippen LogP contribution >= 0.6 is 0 Å². The van der Waals surface area contributed by atoms with Crippen molar-refractivity contribution in [3.63, 3.8) is 0 Å². The monoisotopic (exact) mass is 388 g/mol. The molecule has 0 aromatic carbocycles. The molecular weight excluding hydrogens is 372 g/mol. The first-order valence-electron chi connectivity index (χ1n) is 7.24. The molecule has 26 heavy (non-hydrogen) atoms. The van der Waals surface area contributed by atoms with Gasteiger partial charge in [0, 0.05) is 46.6 Å². The van der Waals surface area contributed by atoms with Crippen molar-refractivity contribution in [3.05, 3.63) is 24.3 Å². The van der Waals surface area contributed by atoms with Crippen LogP contribution < -0.4 is 9.68 Å². The van der Waals surface area contributed by atoms with E-state index in [0.717, 1.165) is 24.3 Å². The van der Waals surface area contributed by atoms with Crippen LogP contribution in [0.5, 0.6) is 23.5 Å². The fourth-order valence-electron chi connectivity index (χ4n) is 1.78. The lowest BCUT2D eigenvalue weighted by atomic mass is 10.5. The Labute approximate surface area is 149 Å². The number of aromatic nitrogens is 2. The molecule has 0 aliphatic carbocycles. The average Bonchev–Trinajstić information content (AvgIpc) is 3.08. The fraction of sp³-hybridized carbons (Fsp3) is 0.286. The van der Waals surface area contributed by atoms with E-state index in [4.69, 9.17) is 0 Å². The van der Waals surface area contributed by atoms with E-state index in [0.29, 0.717) is 9.46 Å². The summed E-state index contributed by atoms with van der Waals surface area (Å²) in [6.07, 6.45) is -0.560. The van der Waals surface area contributed by atoms with Crippen molar-refractivity contribution in [2.45, 2.75) is 12.8 Å². The van der Waals surface area contributed by atoms with E-state index in [1.54, 1.807) is 0 Å². The van der Waals surface area contributed by atoms with Crippen LogP contribution in [-0.2, 0) is 20.4 Å². The molecule has 2 heterocycles. The maximum absolute atomic E-state index is 11.8. The zero-order valence-electron chi connectivity index (χ0n) is 13.3. The van der Waals surface area contributed by atoms with E-state index in [1.165, 1.54) is 0 Å². The first-order chi connectivity index (χ1) is 12.3. The Bertz CT molecular complexity index is 721. The molecule has 0 atom stereocenters. The second kappa shape index (κ2) is 8.29. The van der Waals surface area contributed by atoms with Gasteiger partial charge in [0.1, 0.15) is 0 Å². The molecule has 0 fully saturated rings. The normalized spacial score (nSPS) is 10.8. The van der Waals surface area contributed by atoms with Crippen molar-refractivity contribution >= 4 is 22.7 Å². The highest BCUT2D eigenvalue weighted by Crippen LogP contribution is 2.19. The topological polar surface area (TPSA) is 160 Å². The van der Waals surface area contributed by atoms with Crippen LogP contribution in [0.25, 0.3) is 0 Å². The second-order valence-electron chi connectivity index (χ2n) is 4.96. The molecule has 0 saturated carbocycles. The summed E-state index contributed by atoms with van der Waals surface area (Å²) in [5.74, 6) is -3.82. The summed E-state index contributed by atoms with van der Waals surface area (Å²) in [5.41, 5.74) is 0. The van der Waals surface area contributed by atoms with E-state index < -0.39 is 46.3 Å². The Balaban J connectivity index is 1.72. The quantitative estimate of drug-likeness (QED) is 0.456. The lowest BCUT2D eigenvalue weighted by Crippen LogP contribution is -2.23. The van der Waals surface area contributed by atoms with E-state index >= 15 is 0 Å². The summed E-state index contributed by atoms with van der Waals surface area (Å²) in [4.78, 5) is 32.5. The van der Waals surface area contributed by atoms with Crippen molar-refractivity contribution in [2.75, 3.05) is 11.5 Å². The van der Waals surface area contributed by atoms with Crippen LogP contribution in [0.3, 0.4) is 0 Å². The summed E-state index contributed by atoms with van der Waals surface area (Å²) < 4.78 is 12.8. The van der Waals surface area contributed by atoms with Gasteiger partial charge in [0.25, 0.3) is 0 Å². The standard InChI is InChI=1S/C14H16N2O9S/c17-9-1-2-10(18)15(9)24-13(21)5-7-26(23)8-6-14(22)25-16-11(19)3-4-12(16)20/h1-4,17-20H,5-8H2. The highest BCUT2D eigenvalue weighted by atomic mass is 32.2. The van der Waals surface area contributed by atoms with Gasteiger partial charge in [-0.05, 0) is 0 Å². The van der Waals surface area contributed by atoms with Gasteiger partial charge >= 0.3 is 11.9 Å². The number of hydrogen-bond donors (Lipinski definition) is 4. The van der Waals surface area contributed by atoms with Gasteiger partial charge in [0.2, 0.25) is 23.5 Å². The molecule has 2 rings (SSSR count). The largest absolute Gasteiger partial charge is 0.492 e. The van der Waals surface area contributed by atoms with Crippen molar-refractivity contribution in [1.29, 1.82) is 0 Å². The number of nitrogens with zero attached hydrogens (tertiary/aromatic N) is 2. The molecule has 0 aliphatic heterocycles. The zero-order chi connectivity index (χ0) is 19.3. The van der Waals surface area contributed by atoms with Crippen molar-refractivity contribution in [2.24, 2.45) is 0 Å². The average molecular weight is 388 g/mol. The van der Waals surface area contributed by atoms with Gasteiger partial charge in [0.05, 0.1) is 12.8 Å². The summed E-state index contributed by atoms with van der Waals surface area (Å²) in [6, 6.07) is 4.47. The number of rotatable bonds is 8. The number of aromatic hydroxyl groups is 4. The maximum Gasteiger partial charge on any atom is 0.334 e. The third-order valence-electron chi connectivity index (χ3n) is 3.05. The highest BCUT2D eigenvalue weighted by Gasteiger charge is 2.16. The molecule has 142 valence electrons. The number of carbonyl (C=O) groups is 2. The molecule has 0 saturated heterocycles. The Morgan fingerprint density at radius 1 is 0.769 bits per heavy atom. The Morgan fingerprint density at radius 3 is 1.38 bits per heavy atom. The van der Waals surface area contributed by atoms with E-state index in [9.17, 15) is 34.2 Å². The fourth-order valence-corrected chi connectivity index (χ4v) is 2.77. The first-order valence-corrected chi connectivity index (χ1v) is 8.73. The van der Waals surface area contributed by atoms with E-state index in [-0.39, 0.29) is 24.3 Å². The van der Waals surface area contributed by atoms with Crippen LogP contribution in [0, 0.1) is 0 Å². The lowest BCUT2D eigenvalue weighted by molar-refractivity contribution is -0.145. The van der Waals surface area contributed by atoms with Crippen LogP contribution in [0.15, 0.2) is 24.3 Å². The van der Waals surface area contributed by atoms with Crippen LogP contribution in [0.2, 0.25) is 0 Å². The zero-order valence-corrected chi connectivity index (χ0v) is 14.1. The molecular formula is C14H16N2O9S. The third kappa shape index (κ3) is 4.92. The van der Waals surface area contributed by atoms with Crippen molar-refractivity contribution in [3.8, 4) is 23.5 Å². The minimum atomic E-state index is -1.55. The summed E-state index contributed by atoms with van der Waals surface area (Å²) >= 11 is 0. The molecule has 0 spiro atoms. The van der Waals surface area contributed by atoms with Gasteiger partial charge in [-0.15, -0.1) is 9.46 Å². The molecule has 0 unspecified atom stereocenters. The van der Waals surface area contributed by atoms with Crippen LogP contribution in [0.4, 0.5) is 0 Å². The summed E-state index contributed by atoms with van der Waals surface area (Å²) in [5, 5.41) is 37.3. The number of carbonyl (C=O) groups excluding carboxylic acids is 2. The molecule has 2 aromatic rings. The van der Waals surface area contributed by atoms with Gasteiger partial charge in [-0.3, -0.25) is 4.21 Å². The smallest absolute Gasteiger partial charge is 0.334 e. The third-order valence-corrected chi connectivity index (χ3v) is 4.37. The van der Waals surface area contributed by atoms with Gasteiger partial charge in [-0.1, -0.05) is 0 Å². The van der Waals surface area contributed by atoms with E-state index in [2.05, 4.69) is 9.68 Å². The molecule has 11 nitrogen and oxygen atoms in total. The molecule has 4 N–H and O–H groups in total. The molecule has 0 amide bonds. The molecule has 0 aliphatic rings. The molecule has 0 radical (unpaired) electrons.